The predicted octanol–water partition coefficient (Wildman–Crippen LogP) is -0.123. The quantitative estimate of drug-likeness (QED) is 0.490. The Morgan fingerprint density at radius 2 is 1.40 bits per heavy atom. The zero-order chi connectivity index (χ0) is 7.72. The zero-order valence-electron chi connectivity index (χ0n) is 5.00. The molecule has 54 valence electrons. The van der Waals surface area contributed by atoms with Crippen molar-refractivity contribution in [2.24, 2.45) is 0 Å². The molecule has 0 amide bonds. The number of nitrogen functional groups attached to an aromatic ring is 3. The highest BCUT2D eigenvalue weighted by molar-refractivity contribution is 6.31. The van der Waals surface area contributed by atoms with Gasteiger partial charge in [-0.3, -0.25) is 0 Å². The van der Waals surface area contributed by atoms with Gasteiger partial charge >= 0.3 is 0 Å². The standard InChI is InChI=1S/C4H6ClN5/c5-1-2(6)10-4(8)3(7)9-1/h(H2,7,9)(H4,6,8,10). The van der Waals surface area contributed by atoms with Crippen LogP contribution in [-0.4, -0.2) is 9.97 Å². The molecule has 1 aromatic heterocycles. The summed E-state index contributed by atoms with van der Waals surface area (Å²) in [5.41, 5.74) is 15.8. The minimum absolute atomic E-state index is 0.0756. The molecule has 6 heteroatoms. The van der Waals surface area contributed by atoms with Crippen molar-refractivity contribution in [3.05, 3.63) is 5.15 Å². The summed E-state index contributed by atoms with van der Waals surface area (Å²) in [5, 5.41) is 0.0756. The first-order chi connectivity index (χ1) is 4.61. The number of aromatic nitrogens is 2. The summed E-state index contributed by atoms with van der Waals surface area (Å²) < 4.78 is 0. The Kier molecular flexibility index (Phi) is 1.50. The van der Waals surface area contributed by atoms with E-state index in [-0.39, 0.29) is 22.6 Å². The van der Waals surface area contributed by atoms with Gasteiger partial charge in [-0.05, 0) is 0 Å². The third-order valence-electron chi connectivity index (χ3n) is 0.933. The van der Waals surface area contributed by atoms with Crippen molar-refractivity contribution >= 4 is 29.1 Å². The van der Waals surface area contributed by atoms with Crippen LogP contribution in [0, 0.1) is 0 Å². The van der Waals surface area contributed by atoms with E-state index in [0.29, 0.717) is 0 Å². The molecule has 1 heterocycles. The van der Waals surface area contributed by atoms with E-state index in [4.69, 9.17) is 28.8 Å². The molecule has 0 radical (unpaired) electrons. The van der Waals surface area contributed by atoms with Crippen LogP contribution in [0.4, 0.5) is 17.5 Å². The van der Waals surface area contributed by atoms with Crippen molar-refractivity contribution in [3.63, 3.8) is 0 Å². The van der Waals surface area contributed by atoms with E-state index in [2.05, 4.69) is 9.97 Å². The van der Waals surface area contributed by atoms with Gasteiger partial charge in [0.25, 0.3) is 0 Å². The Balaban J connectivity index is 3.28. The van der Waals surface area contributed by atoms with Crippen LogP contribution in [0.5, 0.6) is 0 Å². The van der Waals surface area contributed by atoms with E-state index in [9.17, 15) is 0 Å². The lowest BCUT2D eigenvalue weighted by atomic mass is 10.6. The average Bonchev–Trinajstić information content (AvgIpc) is 1.84. The smallest absolute Gasteiger partial charge is 0.173 e. The normalized spacial score (nSPS) is 9.70. The van der Waals surface area contributed by atoms with E-state index in [1.807, 2.05) is 0 Å². The molecule has 0 aromatic carbocycles. The predicted molar refractivity (Wildman–Crippen MR) is 40.3 cm³/mol. The number of hydrogen-bond donors (Lipinski definition) is 3. The summed E-state index contributed by atoms with van der Waals surface area (Å²) in [6.07, 6.45) is 0. The molecule has 0 fully saturated rings. The summed E-state index contributed by atoms with van der Waals surface area (Å²) in [4.78, 5) is 7.21. The number of halogens is 1. The van der Waals surface area contributed by atoms with Gasteiger partial charge in [-0.1, -0.05) is 11.6 Å². The second-order valence-electron chi connectivity index (χ2n) is 1.67. The van der Waals surface area contributed by atoms with Gasteiger partial charge in [0.15, 0.2) is 22.6 Å². The van der Waals surface area contributed by atoms with Crippen molar-refractivity contribution in [1.29, 1.82) is 0 Å². The lowest BCUT2D eigenvalue weighted by molar-refractivity contribution is 1.23. The first-order valence-corrected chi connectivity index (χ1v) is 2.83. The third-order valence-corrected chi connectivity index (χ3v) is 1.21. The summed E-state index contributed by atoms with van der Waals surface area (Å²) in [7, 11) is 0. The summed E-state index contributed by atoms with van der Waals surface area (Å²) >= 11 is 5.45. The molecule has 0 unspecified atom stereocenters. The molecule has 0 bridgehead atoms. The fraction of sp³-hybridized carbons (Fsp3) is 0. The lowest BCUT2D eigenvalue weighted by Gasteiger charge is -1.99. The van der Waals surface area contributed by atoms with Crippen molar-refractivity contribution in [2.75, 3.05) is 17.2 Å². The monoisotopic (exact) mass is 159 g/mol. The molecule has 0 spiro atoms. The SMILES string of the molecule is Nc1nc(N)c(Cl)nc1N. The summed E-state index contributed by atoms with van der Waals surface area (Å²) in [5.74, 6) is 0.287. The van der Waals surface area contributed by atoms with Crippen molar-refractivity contribution in [1.82, 2.24) is 9.97 Å². The van der Waals surface area contributed by atoms with Gasteiger partial charge < -0.3 is 17.2 Å². The second kappa shape index (κ2) is 2.18. The average molecular weight is 160 g/mol. The fourth-order valence-corrected chi connectivity index (χ4v) is 0.587. The highest BCUT2D eigenvalue weighted by atomic mass is 35.5. The summed E-state index contributed by atoms with van der Waals surface area (Å²) in [6.45, 7) is 0. The minimum Gasteiger partial charge on any atom is -0.381 e. The van der Waals surface area contributed by atoms with Crippen molar-refractivity contribution in [3.8, 4) is 0 Å². The molecule has 5 nitrogen and oxygen atoms in total. The lowest BCUT2D eigenvalue weighted by Crippen LogP contribution is -2.04. The first kappa shape index (κ1) is 6.88. The van der Waals surface area contributed by atoms with Gasteiger partial charge in [0.2, 0.25) is 0 Å². The van der Waals surface area contributed by atoms with E-state index in [1.54, 1.807) is 0 Å². The van der Waals surface area contributed by atoms with Crippen LogP contribution >= 0.6 is 11.6 Å². The molecule has 10 heavy (non-hydrogen) atoms. The first-order valence-electron chi connectivity index (χ1n) is 2.45. The summed E-state index contributed by atoms with van der Waals surface area (Å²) in [6, 6.07) is 0. The van der Waals surface area contributed by atoms with E-state index in [0.717, 1.165) is 0 Å². The van der Waals surface area contributed by atoms with Gasteiger partial charge in [0.1, 0.15) is 0 Å². The van der Waals surface area contributed by atoms with Gasteiger partial charge in [0.05, 0.1) is 0 Å². The van der Waals surface area contributed by atoms with E-state index < -0.39 is 0 Å². The molecule has 0 aliphatic heterocycles. The molecule has 1 rings (SSSR count). The largest absolute Gasteiger partial charge is 0.381 e. The Morgan fingerprint density at radius 3 is 1.90 bits per heavy atom. The van der Waals surface area contributed by atoms with E-state index >= 15 is 0 Å². The maximum Gasteiger partial charge on any atom is 0.173 e. The van der Waals surface area contributed by atoms with Crippen LogP contribution in [0.15, 0.2) is 0 Å². The van der Waals surface area contributed by atoms with E-state index in [1.165, 1.54) is 0 Å². The number of anilines is 3. The number of hydrogen-bond acceptors (Lipinski definition) is 5. The molecular weight excluding hydrogens is 154 g/mol. The zero-order valence-corrected chi connectivity index (χ0v) is 5.76. The molecular formula is C4H6ClN5. The number of nitrogens with zero attached hydrogens (tertiary/aromatic N) is 2. The molecule has 0 saturated heterocycles. The Labute approximate surface area is 62.2 Å². The van der Waals surface area contributed by atoms with Crippen LogP contribution in [0.2, 0.25) is 5.15 Å². The third kappa shape index (κ3) is 1.03. The van der Waals surface area contributed by atoms with Crippen LogP contribution in [0.3, 0.4) is 0 Å². The maximum atomic E-state index is 5.45. The Morgan fingerprint density at radius 1 is 0.900 bits per heavy atom. The molecule has 0 atom stereocenters. The van der Waals surface area contributed by atoms with Crippen molar-refractivity contribution in [2.45, 2.75) is 0 Å². The van der Waals surface area contributed by atoms with Crippen LogP contribution in [0.25, 0.3) is 0 Å². The Bertz CT molecular complexity index is 210. The molecule has 0 aliphatic rings. The maximum absolute atomic E-state index is 5.45. The highest BCUT2D eigenvalue weighted by Gasteiger charge is 2.02. The van der Waals surface area contributed by atoms with Crippen LogP contribution in [0.1, 0.15) is 0 Å². The van der Waals surface area contributed by atoms with Gasteiger partial charge in [-0.15, -0.1) is 0 Å². The van der Waals surface area contributed by atoms with Gasteiger partial charge in [-0.2, -0.15) is 0 Å². The number of nitrogens with two attached hydrogens (primary N) is 3. The fourth-order valence-electron chi connectivity index (χ4n) is 0.453. The molecule has 0 saturated carbocycles. The number of rotatable bonds is 0. The van der Waals surface area contributed by atoms with Gasteiger partial charge in [-0.25, -0.2) is 9.97 Å². The molecule has 0 aliphatic carbocycles. The highest BCUT2D eigenvalue weighted by Crippen LogP contribution is 2.17. The van der Waals surface area contributed by atoms with Crippen molar-refractivity contribution < 1.29 is 0 Å². The van der Waals surface area contributed by atoms with Crippen LogP contribution < -0.4 is 17.2 Å². The minimum atomic E-state index is 0.0756. The van der Waals surface area contributed by atoms with Crippen LogP contribution in [-0.2, 0) is 0 Å². The molecule has 6 N–H and O–H groups in total. The second-order valence-corrected chi connectivity index (χ2v) is 2.03. The topological polar surface area (TPSA) is 104 Å². The molecule has 1 aromatic rings. The Hall–Kier alpha value is -1.23. The van der Waals surface area contributed by atoms with Gasteiger partial charge in [0, 0.05) is 0 Å².